The van der Waals surface area contributed by atoms with Gasteiger partial charge in [0.2, 0.25) is 0 Å². The molecule has 0 radical (unpaired) electrons. The quantitative estimate of drug-likeness (QED) is 0.633. The lowest BCUT2D eigenvalue weighted by Crippen LogP contribution is -2.27. The fraction of sp³-hybridized carbons (Fsp3) is 1.00. The summed E-state index contributed by atoms with van der Waals surface area (Å²) in [7, 11) is 0. The van der Waals surface area contributed by atoms with Crippen molar-refractivity contribution in [1.82, 2.24) is 4.90 Å². The second-order valence-electron chi connectivity index (χ2n) is 5.53. The van der Waals surface area contributed by atoms with Crippen molar-refractivity contribution >= 4 is 0 Å². The van der Waals surface area contributed by atoms with Gasteiger partial charge in [-0.05, 0) is 51.4 Å². The summed E-state index contributed by atoms with van der Waals surface area (Å²) < 4.78 is 0. The Morgan fingerprint density at radius 2 is 1.06 bits per heavy atom. The van der Waals surface area contributed by atoms with Crippen LogP contribution in [0.2, 0.25) is 0 Å². The van der Waals surface area contributed by atoms with Gasteiger partial charge < -0.3 is 10.6 Å². The molecule has 0 rings (SSSR count). The smallest absolute Gasteiger partial charge is 0.00188 e. The molecule has 2 heteroatoms. The van der Waals surface area contributed by atoms with Crippen LogP contribution in [-0.2, 0) is 0 Å². The lowest BCUT2D eigenvalue weighted by atomic mass is 10.2. The van der Waals surface area contributed by atoms with Gasteiger partial charge in [-0.1, -0.05) is 53.9 Å². The van der Waals surface area contributed by atoms with Crippen molar-refractivity contribution in [3.63, 3.8) is 0 Å². The van der Waals surface area contributed by atoms with Gasteiger partial charge in [-0.2, -0.15) is 0 Å². The Kier molecular flexibility index (Phi) is 19.0. The second-order valence-corrected chi connectivity index (χ2v) is 5.53. The van der Waals surface area contributed by atoms with E-state index in [4.69, 9.17) is 5.73 Å². The van der Waals surface area contributed by atoms with Crippen LogP contribution in [0.25, 0.3) is 0 Å². The van der Waals surface area contributed by atoms with Gasteiger partial charge in [-0.15, -0.1) is 0 Å². The van der Waals surface area contributed by atoms with Gasteiger partial charge >= 0.3 is 0 Å². The van der Waals surface area contributed by atoms with Crippen molar-refractivity contribution < 1.29 is 0 Å². The normalized spacial score (nSPS) is 10.7. The molecule has 0 aliphatic carbocycles. The van der Waals surface area contributed by atoms with Crippen LogP contribution in [-0.4, -0.2) is 31.1 Å². The van der Waals surface area contributed by atoms with E-state index in [-0.39, 0.29) is 0 Å². The first-order chi connectivity index (χ1) is 8.62. The average molecular weight is 258 g/mol. The first kappa shape index (κ1) is 20.2. The molecule has 2 N–H and O–H groups in total. The summed E-state index contributed by atoms with van der Waals surface area (Å²) in [6.45, 7) is 15.8. The van der Waals surface area contributed by atoms with E-state index in [0.717, 1.165) is 6.54 Å². The van der Waals surface area contributed by atoms with Crippen molar-refractivity contribution in [2.75, 3.05) is 26.2 Å². The number of unbranched alkanes of at least 4 members (excludes halogenated alkanes) is 3. The van der Waals surface area contributed by atoms with Crippen LogP contribution < -0.4 is 5.73 Å². The van der Waals surface area contributed by atoms with Crippen LogP contribution in [0.5, 0.6) is 0 Å². The largest absolute Gasteiger partial charge is 0.330 e. The Balaban J connectivity index is 0. The highest BCUT2D eigenvalue weighted by molar-refractivity contribution is 4.57. The van der Waals surface area contributed by atoms with Gasteiger partial charge in [-0.3, -0.25) is 0 Å². The molecule has 0 bridgehead atoms. The van der Waals surface area contributed by atoms with Crippen LogP contribution in [0.4, 0.5) is 0 Å². The highest BCUT2D eigenvalue weighted by atomic mass is 15.1. The Morgan fingerprint density at radius 1 is 0.778 bits per heavy atom. The number of rotatable bonds is 10. The maximum atomic E-state index is 5.17. The van der Waals surface area contributed by atoms with Gasteiger partial charge in [-0.25, -0.2) is 0 Å². The molecule has 18 heavy (non-hydrogen) atoms. The van der Waals surface area contributed by atoms with E-state index in [1.165, 1.54) is 58.2 Å². The third-order valence-corrected chi connectivity index (χ3v) is 2.96. The molecule has 112 valence electrons. The van der Waals surface area contributed by atoms with E-state index in [2.05, 4.69) is 39.5 Å². The molecule has 0 aromatic heterocycles. The minimum absolute atomic E-state index is 0.662. The van der Waals surface area contributed by atoms with Crippen molar-refractivity contribution in [3.8, 4) is 0 Å². The molecule has 0 aromatic rings. The Labute approximate surface area is 116 Å². The molecule has 2 nitrogen and oxygen atoms in total. The highest BCUT2D eigenvalue weighted by Gasteiger charge is 2.01. The third kappa shape index (κ3) is 18.3. The molecule has 0 spiro atoms. The predicted octanol–water partition coefficient (Wildman–Crippen LogP) is 4.29. The molecule has 0 aliphatic heterocycles. The molecule has 0 saturated heterocycles. The minimum Gasteiger partial charge on any atom is -0.330 e. The molecule has 0 unspecified atom stereocenters. The van der Waals surface area contributed by atoms with Gasteiger partial charge in [0, 0.05) is 0 Å². The van der Waals surface area contributed by atoms with E-state index < -0.39 is 0 Å². The lowest BCUT2D eigenvalue weighted by Gasteiger charge is -2.21. The van der Waals surface area contributed by atoms with Crippen LogP contribution in [0.3, 0.4) is 0 Å². The maximum Gasteiger partial charge on any atom is -0.00188 e. The minimum atomic E-state index is 0.662. The molecule has 0 atom stereocenters. The molecule has 0 aromatic carbocycles. The van der Waals surface area contributed by atoms with Gasteiger partial charge in [0.1, 0.15) is 0 Å². The zero-order chi connectivity index (χ0) is 14.2. The molecular weight excluding hydrogens is 220 g/mol. The summed E-state index contributed by atoms with van der Waals surface area (Å²) in [4.78, 5) is 2.64. The molecule has 0 heterocycles. The zero-order valence-corrected chi connectivity index (χ0v) is 13.7. The monoisotopic (exact) mass is 258 g/mol. The molecule has 0 saturated carbocycles. The highest BCUT2D eigenvalue weighted by Crippen LogP contribution is 2.01. The molecule has 0 fully saturated rings. The number of nitrogens with zero attached hydrogens (tertiary/aromatic N) is 1. The first-order valence-electron chi connectivity index (χ1n) is 8.04. The summed E-state index contributed by atoms with van der Waals surface area (Å²) in [6.07, 6.45) is 8.09. The summed E-state index contributed by atoms with van der Waals surface area (Å²) in [6, 6.07) is 0. The Morgan fingerprint density at radius 3 is 1.22 bits per heavy atom. The fourth-order valence-electron chi connectivity index (χ4n) is 1.48. The van der Waals surface area contributed by atoms with E-state index in [1.807, 2.05) is 0 Å². The summed E-state index contributed by atoms with van der Waals surface area (Å²) in [5, 5.41) is 0. The average Bonchev–Trinajstić information content (AvgIpc) is 2.38. The van der Waals surface area contributed by atoms with Crippen molar-refractivity contribution in [3.05, 3.63) is 0 Å². The predicted molar refractivity (Wildman–Crippen MR) is 85.1 cm³/mol. The standard InChI is InChI=1S/C12H27N.C4H11N/c1-4-7-10-13(11-8-5-2)12-9-6-3;1-4(2)3-5/h4-12H2,1-3H3;4H,3,5H2,1-2H3. The van der Waals surface area contributed by atoms with E-state index in [9.17, 15) is 0 Å². The third-order valence-electron chi connectivity index (χ3n) is 2.96. The summed E-state index contributed by atoms with van der Waals surface area (Å²) >= 11 is 0. The maximum absolute atomic E-state index is 5.17. The number of hydrogen-bond donors (Lipinski definition) is 1. The van der Waals surface area contributed by atoms with Crippen LogP contribution in [0, 0.1) is 5.92 Å². The van der Waals surface area contributed by atoms with E-state index >= 15 is 0 Å². The second kappa shape index (κ2) is 16.9. The Hall–Kier alpha value is -0.0800. The van der Waals surface area contributed by atoms with Crippen LogP contribution >= 0.6 is 0 Å². The fourth-order valence-corrected chi connectivity index (χ4v) is 1.48. The first-order valence-corrected chi connectivity index (χ1v) is 8.04. The Bertz CT molecular complexity index is 116. The molecular formula is C16H38N2. The van der Waals surface area contributed by atoms with E-state index in [1.54, 1.807) is 0 Å². The summed E-state index contributed by atoms with van der Waals surface area (Å²) in [5.41, 5.74) is 5.17. The number of hydrogen-bond acceptors (Lipinski definition) is 2. The molecule has 0 aliphatic rings. The van der Waals surface area contributed by atoms with Crippen molar-refractivity contribution in [2.24, 2.45) is 11.7 Å². The molecule has 0 amide bonds. The van der Waals surface area contributed by atoms with Gasteiger partial charge in [0.05, 0.1) is 0 Å². The van der Waals surface area contributed by atoms with Crippen LogP contribution in [0.1, 0.15) is 73.1 Å². The van der Waals surface area contributed by atoms with E-state index in [0.29, 0.717) is 5.92 Å². The topological polar surface area (TPSA) is 29.3 Å². The summed E-state index contributed by atoms with van der Waals surface area (Å²) in [5.74, 6) is 0.662. The number of nitrogens with two attached hydrogens (primary N) is 1. The van der Waals surface area contributed by atoms with Gasteiger partial charge in [0.15, 0.2) is 0 Å². The van der Waals surface area contributed by atoms with Crippen molar-refractivity contribution in [2.45, 2.75) is 73.1 Å². The van der Waals surface area contributed by atoms with Crippen molar-refractivity contribution in [1.29, 1.82) is 0 Å². The lowest BCUT2D eigenvalue weighted by molar-refractivity contribution is 0.261. The zero-order valence-electron chi connectivity index (χ0n) is 13.7. The SMILES string of the molecule is CC(C)CN.CCCCN(CCCC)CCCC. The van der Waals surface area contributed by atoms with Crippen LogP contribution in [0.15, 0.2) is 0 Å². The van der Waals surface area contributed by atoms with Gasteiger partial charge in [0.25, 0.3) is 0 Å².